The summed E-state index contributed by atoms with van der Waals surface area (Å²) in [4.78, 5) is 28.3. The highest BCUT2D eigenvalue weighted by Crippen LogP contribution is 2.24. The van der Waals surface area contributed by atoms with Gasteiger partial charge in [-0.3, -0.25) is 13.9 Å². The van der Waals surface area contributed by atoms with Gasteiger partial charge in [0, 0.05) is 13.1 Å². The van der Waals surface area contributed by atoms with Gasteiger partial charge >= 0.3 is 0 Å². The lowest BCUT2D eigenvalue weighted by molar-refractivity contribution is -0.139. The average molecular weight is 522 g/mol. The molecule has 3 rings (SSSR count). The van der Waals surface area contributed by atoms with Gasteiger partial charge in [0.1, 0.15) is 12.6 Å². The fourth-order valence-electron chi connectivity index (χ4n) is 3.97. The van der Waals surface area contributed by atoms with E-state index in [0.717, 1.165) is 28.3 Å². The maximum Gasteiger partial charge on any atom is 0.264 e. The maximum atomic E-state index is 13.8. The number of aryl methyl sites for hydroxylation is 1. The van der Waals surface area contributed by atoms with Gasteiger partial charge in [-0.05, 0) is 50.1 Å². The van der Waals surface area contributed by atoms with E-state index in [1.165, 1.54) is 17.0 Å². The fraction of sp³-hybridized carbons (Fsp3) is 0.310. The van der Waals surface area contributed by atoms with Crippen molar-refractivity contribution in [3.05, 3.63) is 96.1 Å². The minimum absolute atomic E-state index is 0.0854. The zero-order valence-corrected chi connectivity index (χ0v) is 22.4. The first-order valence-electron chi connectivity index (χ1n) is 12.5. The predicted octanol–water partition coefficient (Wildman–Crippen LogP) is 4.52. The largest absolute Gasteiger partial charge is 0.354 e. The zero-order valence-electron chi connectivity index (χ0n) is 21.6. The molecule has 0 radical (unpaired) electrons. The third-order valence-electron chi connectivity index (χ3n) is 6.09. The summed E-state index contributed by atoms with van der Waals surface area (Å²) in [5, 5.41) is 2.89. The van der Waals surface area contributed by atoms with Crippen LogP contribution < -0.4 is 9.62 Å². The molecule has 0 unspecified atom stereocenters. The van der Waals surface area contributed by atoms with Gasteiger partial charge in [0.05, 0.1) is 10.6 Å². The van der Waals surface area contributed by atoms with Crippen LogP contribution in [0.2, 0.25) is 0 Å². The number of unbranched alkanes of at least 4 members (excludes halogenated alkanes) is 1. The van der Waals surface area contributed by atoms with Gasteiger partial charge in [-0.15, -0.1) is 0 Å². The van der Waals surface area contributed by atoms with Crippen molar-refractivity contribution < 1.29 is 18.0 Å². The molecule has 0 fully saturated rings. The molecule has 196 valence electrons. The molecule has 7 nitrogen and oxygen atoms in total. The molecule has 0 bridgehead atoms. The van der Waals surface area contributed by atoms with Crippen molar-refractivity contribution in [1.82, 2.24) is 10.2 Å². The van der Waals surface area contributed by atoms with Crippen LogP contribution in [0.5, 0.6) is 0 Å². The lowest BCUT2D eigenvalue weighted by atomic mass is 10.1. The minimum atomic E-state index is -4.04. The molecule has 8 heteroatoms. The Labute approximate surface area is 220 Å². The number of nitrogens with one attached hydrogen (secondary N) is 1. The van der Waals surface area contributed by atoms with E-state index >= 15 is 0 Å². The minimum Gasteiger partial charge on any atom is -0.354 e. The molecular weight excluding hydrogens is 486 g/mol. The molecular formula is C29H35N3O4S. The van der Waals surface area contributed by atoms with Crippen LogP contribution in [0.15, 0.2) is 89.8 Å². The van der Waals surface area contributed by atoms with E-state index < -0.39 is 28.5 Å². The molecule has 3 aromatic rings. The number of hydrogen-bond donors (Lipinski definition) is 1. The van der Waals surface area contributed by atoms with Crippen molar-refractivity contribution in [3.8, 4) is 0 Å². The van der Waals surface area contributed by atoms with Crippen molar-refractivity contribution in [2.75, 3.05) is 17.4 Å². The van der Waals surface area contributed by atoms with Gasteiger partial charge in [-0.1, -0.05) is 79.6 Å². The number of para-hydroxylation sites is 1. The molecule has 0 aliphatic heterocycles. The molecule has 0 aliphatic carbocycles. The average Bonchev–Trinajstić information content (AvgIpc) is 2.91. The van der Waals surface area contributed by atoms with E-state index in [4.69, 9.17) is 0 Å². The SMILES string of the molecule is CCCCNC(=O)[C@H](C)N(Cc1cccc(C)c1)C(=O)CN(c1ccccc1)S(=O)(=O)c1ccccc1. The summed E-state index contributed by atoms with van der Waals surface area (Å²) in [6, 6.07) is 23.5. The Bertz CT molecular complexity index is 1280. The molecule has 1 N–H and O–H groups in total. The number of carbonyl (C=O) groups excluding carboxylic acids is 2. The third-order valence-corrected chi connectivity index (χ3v) is 7.87. The lowest BCUT2D eigenvalue weighted by Gasteiger charge is -2.32. The first kappa shape index (κ1) is 27.9. The molecule has 0 spiro atoms. The Balaban J connectivity index is 1.96. The number of amides is 2. The molecule has 0 aliphatic rings. The van der Waals surface area contributed by atoms with Gasteiger partial charge in [0.25, 0.3) is 10.0 Å². The Morgan fingerprint density at radius 1 is 0.919 bits per heavy atom. The van der Waals surface area contributed by atoms with Gasteiger partial charge in [-0.2, -0.15) is 0 Å². The lowest BCUT2D eigenvalue weighted by Crippen LogP contribution is -2.51. The Hall–Kier alpha value is -3.65. The topological polar surface area (TPSA) is 86.8 Å². The normalized spacial score (nSPS) is 12.0. The van der Waals surface area contributed by atoms with Gasteiger partial charge in [0.2, 0.25) is 11.8 Å². The second kappa shape index (κ2) is 13.1. The highest BCUT2D eigenvalue weighted by Gasteiger charge is 2.32. The zero-order chi connectivity index (χ0) is 26.8. The number of carbonyl (C=O) groups is 2. The Morgan fingerprint density at radius 3 is 2.19 bits per heavy atom. The summed E-state index contributed by atoms with van der Waals surface area (Å²) >= 11 is 0. The van der Waals surface area contributed by atoms with Crippen molar-refractivity contribution in [2.45, 2.75) is 51.1 Å². The summed E-state index contributed by atoms with van der Waals surface area (Å²) < 4.78 is 28.4. The maximum absolute atomic E-state index is 13.8. The highest BCUT2D eigenvalue weighted by atomic mass is 32.2. The number of anilines is 1. The second-order valence-corrected chi connectivity index (χ2v) is 10.9. The number of sulfonamides is 1. The quantitative estimate of drug-likeness (QED) is 0.355. The highest BCUT2D eigenvalue weighted by molar-refractivity contribution is 7.92. The van der Waals surface area contributed by atoms with Crippen LogP contribution in [0.1, 0.15) is 37.8 Å². The van der Waals surface area contributed by atoms with Crippen LogP contribution in [-0.4, -0.2) is 44.3 Å². The molecule has 1 atom stereocenters. The number of benzene rings is 3. The molecule has 0 aromatic heterocycles. The first-order valence-corrected chi connectivity index (χ1v) is 13.9. The second-order valence-electron chi connectivity index (χ2n) is 8.99. The van der Waals surface area contributed by atoms with E-state index in [9.17, 15) is 18.0 Å². The van der Waals surface area contributed by atoms with E-state index in [0.29, 0.717) is 12.2 Å². The van der Waals surface area contributed by atoms with E-state index in [1.807, 2.05) is 38.1 Å². The monoisotopic (exact) mass is 521 g/mol. The van der Waals surface area contributed by atoms with Crippen LogP contribution in [-0.2, 0) is 26.2 Å². The fourth-order valence-corrected chi connectivity index (χ4v) is 5.40. The first-order chi connectivity index (χ1) is 17.7. The van der Waals surface area contributed by atoms with Gasteiger partial charge < -0.3 is 10.2 Å². The van der Waals surface area contributed by atoms with Gasteiger partial charge in [-0.25, -0.2) is 8.42 Å². The molecule has 3 aromatic carbocycles. The number of nitrogens with zero attached hydrogens (tertiary/aromatic N) is 2. The Morgan fingerprint density at radius 2 is 1.57 bits per heavy atom. The smallest absolute Gasteiger partial charge is 0.264 e. The van der Waals surface area contributed by atoms with Crippen LogP contribution in [0.3, 0.4) is 0 Å². The molecule has 0 saturated carbocycles. The molecule has 37 heavy (non-hydrogen) atoms. The summed E-state index contributed by atoms with van der Waals surface area (Å²) in [6.07, 6.45) is 1.77. The third kappa shape index (κ3) is 7.43. The number of hydrogen-bond acceptors (Lipinski definition) is 4. The summed E-state index contributed by atoms with van der Waals surface area (Å²) in [5.74, 6) is -0.741. The van der Waals surface area contributed by atoms with Crippen molar-refractivity contribution in [2.24, 2.45) is 0 Å². The van der Waals surface area contributed by atoms with Crippen LogP contribution in [0.4, 0.5) is 5.69 Å². The Kier molecular flexibility index (Phi) is 9.85. The standard InChI is InChI=1S/C29H35N3O4S/c1-4-5-19-30-29(34)24(3)31(21-25-14-12-13-23(2)20-25)28(33)22-32(26-15-8-6-9-16-26)37(35,36)27-17-10-7-11-18-27/h6-18,20,24H,4-5,19,21-22H2,1-3H3,(H,30,34)/t24-/m0/s1. The van der Waals surface area contributed by atoms with Crippen molar-refractivity contribution >= 4 is 27.5 Å². The van der Waals surface area contributed by atoms with Crippen LogP contribution in [0, 0.1) is 6.92 Å². The summed E-state index contributed by atoms with van der Waals surface area (Å²) in [5.41, 5.74) is 2.26. The predicted molar refractivity (Wildman–Crippen MR) is 147 cm³/mol. The van der Waals surface area contributed by atoms with Crippen molar-refractivity contribution in [1.29, 1.82) is 0 Å². The van der Waals surface area contributed by atoms with Crippen LogP contribution >= 0.6 is 0 Å². The molecule has 2 amide bonds. The van der Waals surface area contributed by atoms with E-state index in [1.54, 1.807) is 55.5 Å². The van der Waals surface area contributed by atoms with Crippen LogP contribution in [0.25, 0.3) is 0 Å². The van der Waals surface area contributed by atoms with Gasteiger partial charge in [0.15, 0.2) is 0 Å². The molecule has 0 saturated heterocycles. The van der Waals surface area contributed by atoms with Crippen molar-refractivity contribution in [3.63, 3.8) is 0 Å². The van der Waals surface area contributed by atoms with E-state index in [2.05, 4.69) is 5.32 Å². The number of rotatable bonds is 12. The summed E-state index contributed by atoms with van der Waals surface area (Å²) in [6.45, 7) is 5.92. The molecule has 0 heterocycles. The summed E-state index contributed by atoms with van der Waals surface area (Å²) in [7, 11) is -4.04. The van der Waals surface area contributed by atoms with E-state index in [-0.39, 0.29) is 17.3 Å².